The van der Waals surface area contributed by atoms with Crippen molar-refractivity contribution in [3.05, 3.63) is 36.0 Å². The van der Waals surface area contributed by atoms with Crippen LogP contribution in [0.15, 0.2) is 33.8 Å². The number of para-hydroxylation sites is 2. The number of aliphatic imine (C=N–C) groups is 1. The molecule has 1 aromatic carbocycles. The predicted octanol–water partition coefficient (Wildman–Crippen LogP) is 2.34. The fourth-order valence-corrected chi connectivity index (χ4v) is 2.42. The van der Waals surface area contributed by atoms with Crippen LogP contribution in [0.3, 0.4) is 0 Å². The number of nitrogens with one attached hydrogen (secondary N) is 2. The van der Waals surface area contributed by atoms with Crippen molar-refractivity contribution in [2.75, 3.05) is 26.7 Å². The monoisotopic (exact) mass is 375 g/mol. The van der Waals surface area contributed by atoms with Gasteiger partial charge in [0.05, 0.1) is 13.7 Å². The molecular formula is C19H29N5O3. The van der Waals surface area contributed by atoms with Gasteiger partial charge in [-0.15, -0.1) is 0 Å². The second-order valence-corrected chi connectivity index (χ2v) is 6.06. The minimum absolute atomic E-state index is 0.0851. The van der Waals surface area contributed by atoms with E-state index in [1.165, 1.54) is 0 Å². The Bertz CT molecular complexity index is 717. The Morgan fingerprint density at radius 3 is 2.70 bits per heavy atom. The standard InChI is InChI=1S/C19H29N5O3/c1-5-20-19(21-12-8-11-18-23-15(3)24-27-18)22-13-14(2)26-17-10-7-6-9-16(17)25-4/h6-7,9-10,14H,5,8,11-13H2,1-4H3,(H2,20,21,22). The van der Waals surface area contributed by atoms with Gasteiger partial charge in [0.2, 0.25) is 5.89 Å². The summed E-state index contributed by atoms with van der Waals surface area (Å²) in [7, 11) is 1.63. The molecule has 0 bridgehead atoms. The number of rotatable bonds is 10. The highest BCUT2D eigenvalue weighted by Crippen LogP contribution is 2.26. The van der Waals surface area contributed by atoms with E-state index >= 15 is 0 Å². The third-order valence-corrected chi connectivity index (χ3v) is 3.68. The highest BCUT2D eigenvalue weighted by molar-refractivity contribution is 5.79. The van der Waals surface area contributed by atoms with Crippen LogP contribution < -0.4 is 20.1 Å². The van der Waals surface area contributed by atoms with Crippen molar-refractivity contribution in [2.45, 2.75) is 39.7 Å². The van der Waals surface area contributed by atoms with E-state index in [0.29, 0.717) is 18.3 Å². The summed E-state index contributed by atoms with van der Waals surface area (Å²) in [6.07, 6.45) is 1.53. The van der Waals surface area contributed by atoms with Gasteiger partial charge < -0.3 is 24.6 Å². The molecule has 27 heavy (non-hydrogen) atoms. The molecule has 148 valence electrons. The van der Waals surface area contributed by atoms with Crippen molar-refractivity contribution in [3.8, 4) is 11.5 Å². The van der Waals surface area contributed by atoms with Crippen LogP contribution in [0.4, 0.5) is 0 Å². The van der Waals surface area contributed by atoms with E-state index in [1.54, 1.807) is 7.11 Å². The minimum Gasteiger partial charge on any atom is -0.493 e. The first-order valence-corrected chi connectivity index (χ1v) is 9.23. The number of nitrogens with zero attached hydrogens (tertiary/aromatic N) is 3. The molecule has 2 rings (SSSR count). The van der Waals surface area contributed by atoms with Gasteiger partial charge in [0.15, 0.2) is 23.3 Å². The van der Waals surface area contributed by atoms with E-state index in [9.17, 15) is 0 Å². The second-order valence-electron chi connectivity index (χ2n) is 6.06. The van der Waals surface area contributed by atoms with Crippen molar-refractivity contribution in [1.82, 2.24) is 20.8 Å². The molecule has 0 aliphatic heterocycles. The summed E-state index contributed by atoms with van der Waals surface area (Å²) in [4.78, 5) is 8.79. The van der Waals surface area contributed by atoms with Crippen LogP contribution in [0.5, 0.6) is 11.5 Å². The summed E-state index contributed by atoms with van der Waals surface area (Å²) < 4.78 is 16.4. The highest BCUT2D eigenvalue weighted by Gasteiger charge is 2.09. The molecule has 0 fully saturated rings. The Balaban J connectivity index is 1.79. The molecule has 1 unspecified atom stereocenters. The molecule has 2 aromatic rings. The highest BCUT2D eigenvalue weighted by atomic mass is 16.5. The average molecular weight is 375 g/mol. The normalized spacial score (nSPS) is 12.5. The average Bonchev–Trinajstić information content (AvgIpc) is 3.08. The molecule has 8 heteroatoms. The van der Waals surface area contributed by atoms with Crippen molar-refractivity contribution in [3.63, 3.8) is 0 Å². The number of methoxy groups -OCH3 is 1. The number of aromatic nitrogens is 2. The molecule has 0 aliphatic rings. The number of hydrogen-bond donors (Lipinski definition) is 2. The van der Waals surface area contributed by atoms with Gasteiger partial charge in [-0.1, -0.05) is 17.3 Å². The zero-order valence-electron chi connectivity index (χ0n) is 16.5. The Labute approximate surface area is 160 Å². The second kappa shape index (κ2) is 11.1. The number of aryl methyl sites for hydroxylation is 2. The van der Waals surface area contributed by atoms with Gasteiger partial charge in [-0.2, -0.15) is 4.98 Å². The lowest BCUT2D eigenvalue weighted by Gasteiger charge is -2.16. The molecule has 0 spiro atoms. The van der Waals surface area contributed by atoms with Crippen molar-refractivity contribution in [2.24, 2.45) is 4.99 Å². The van der Waals surface area contributed by atoms with E-state index in [4.69, 9.17) is 14.0 Å². The first-order valence-electron chi connectivity index (χ1n) is 9.23. The van der Waals surface area contributed by atoms with Gasteiger partial charge in [-0.05, 0) is 39.3 Å². The molecule has 2 N–H and O–H groups in total. The number of hydrogen-bond acceptors (Lipinski definition) is 6. The Morgan fingerprint density at radius 2 is 2.04 bits per heavy atom. The molecule has 1 aromatic heterocycles. The van der Waals surface area contributed by atoms with Gasteiger partial charge in [-0.25, -0.2) is 4.99 Å². The maximum absolute atomic E-state index is 5.94. The molecular weight excluding hydrogens is 346 g/mol. The first kappa shape index (κ1) is 20.5. The maximum atomic E-state index is 5.94. The molecule has 0 amide bonds. The fraction of sp³-hybridized carbons (Fsp3) is 0.526. The topological polar surface area (TPSA) is 93.8 Å². The Morgan fingerprint density at radius 1 is 1.26 bits per heavy atom. The zero-order valence-corrected chi connectivity index (χ0v) is 16.5. The van der Waals surface area contributed by atoms with Crippen molar-refractivity contribution < 1.29 is 14.0 Å². The van der Waals surface area contributed by atoms with E-state index < -0.39 is 0 Å². The smallest absolute Gasteiger partial charge is 0.226 e. The van der Waals surface area contributed by atoms with E-state index in [-0.39, 0.29) is 6.10 Å². The van der Waals surface area contributed by atoms with Gasteiger partial charge in [0.1, 0.15) is 6.10 Å². The van der Waals surface area contributed by atoms with Gasteiger partial charge in [-0.3, -0.25) is 0 Å². The molecule has 1 atom stereocenters. The van der Waals surface area contributed by atoms with Gasteiger partial charge in [0, 0.05) is 19.5 Å². The Hall–Kier alpha value is -2.77. The van der Waals surface area contributed by atoms with Crippen LogP contribution in [0.25, 0.3) is 0 Å². The molecule has 1 heterocycles. The SMILES string of the molecule is CCNC(=NCC(C)Oc1ccccc1OC)NCCCc1nc(C)no1. The molecule has 0 saturated carbocycles. The van der Waals surface area contributed by atoms with Gasteiger partial charge >= 0.3 is 0 Å². The van der Waals surface area contributed by atoms with Crippen LogP contribution in [0.2, 0.25) is 0 Å². The Kier molecular flexibility index (Phi) is 8.41. The van der Waals surface area contributed by atoms with Crippen molar-refractivity contribution >= 4 is 5.96 Å². The predicted molar refractivity (Wildman–Crippen MR) is 104 cm³/mol. The lowest BCUT2D eigenvalue weighted by Crippen LogP contribution is -2.38. The third-order valence-electron chi connectivity index (χ3n) is 3.68. The van der Waals surface area contributed by atoms with E-state index in [1.807, 2.05) is 45.0 Å². The zero-order chi connectivity index (χ0) is 19.5. The van der Waals surface area contributed by atoms with Crippen LogP contribution in [-0.4, -0.2) is 48.9 Å². The summed E-state index contributed by atoms with van der Waals surface area (Å²) in [6, 6.07) is 7.60. The van der Waals surface area contributed by atoms with E-state index in [2.05, 4.69) is 25.8 Å². The largest absolute Gasteiger partial charge is 0.493 e. The summed E-state index contributed by atoms with van der Waals surface area (Å²) in [5, 5.41) is 10.3. The molecule has 8 nitrogen and oxygen atoms in total. The summed E-state index contributed by atoms with van der Waals surface area (Å²) in [5.41, 5.74) is 0. The molecule has 0 saturated heterocycles. The number of ether oxygens (including phenoxy) is 2. The summed E-state index contributed by atoms with van der Waals surface area (Å²) in [5.74, 6) is 3.52. The van der Waals surface area contributed by atoms with Gasteiger partial charge in [0.25, 0.3) is 0 Å². The number of guanidine groups is 1. The third kappa shape index (κ3) is 7.16. The minimum atomic E-state index is -0.0851. The van der Waals surface area contributed by atoms with Crippen molar-refractivity contribution in [1.29, 1.82) is 0 Å². The summed E-state index contributed by atoms with van der Waals surface area (Å²) >= 11 is 0. The molecule has 0 aliphatic carbocycles. The van der Waals surface area contributed by atoms with Crippen LogP contribution in [-0.2, 0) is 6.42 Å². The lowest BCUT2D eigenvalue weighted by molar-refractivity contribution is 0.219. The quantitative estimate of drug-likeness (QED) is 0.374. The summed E-state index contributed by atoms with van der Waals surface area (Å²) in [6.45, 7) is 7.90. The number of benzene rings is 1. The fourth-order valence-electron chi connectivity index (χ4n) is 2.42. The first-order chi connectivity index (χ1) is 13.1. The maximum Gasteiger partial charge on any atom is 0.226 e. The van der Waals surface area contributed by atoms with Crippen LogP contribution in [0, 0.1) is 6.92 Å². The van der Waals surface area contributed by atoms with Crippen LogP contribution >= 0.6 is 0 Å². The van der Waals surface area contributed by atoms with Crippen LogP contribution in [0.1, 0.15) is 32.0 Å². The molecule has 0 radical (unpaired) electrons. The lowest BCUT2D eigenvalue weighted by atomic mass is 10.3. The van der Waals surface area contributed by atoms with E-state index in [0.717, 1.165) is 43.4 Å².